The van der Waals surface area contributed by atoms with Crippen LogP contribution in [0.1, 0.15) is 5.56 Å². The second-order valence-electron chi connectivity index (χ2n) is 4.69. The third-order valence-electron chi connectivity index (χ3n) is 3.02. The number of hydrogen-bond acceptors (Lipinski definition) is 3. The zero-order chi connectivity index (χ0) is 14.7. The third kappa shape index (κ3) is 3.62. The second kappa shape index (κ2) is 6.43. The first-order chi connectivity index (χ1) is 9.47. The molecule has 108 valence electrons. The molecule has 0 unspecified atom stereocenters. The lowest BCUT2D eigenvalue weighted by atomic mass is 10.2. The Morgan fingerprint density at radius 3 is 2.80 bits per heavy atom. The predicted molar refractivity (Wildman–Crippen MR) is 77.9 cm³/mol. The molecule has 0 radical (unpaired) electrons. The molecule has 2 rings (SSSR count). The number of nitrogens with one attached hydrogen (secondary N) is 1. The first kappa shape index (κ1) is 15.1. The molecule has 1 aliphatic rings. The van der Waals surface area contributed by atoms with Crippen LogP contribution in [-0.4, -0.2) is 48.4 Å². The van der Waals surface area contributed by atoms with Gasteiger partial charge >= 0.3 is 6.03 Å². The van der Waals surface area contributed by atoms with Crippen molar-refractivity contribution >= 4 is 35.1 Å². The SMILES string of the molecule is CN(CC(=O)N1CCNC1=O)Cc1ccc(Cl)cc1Cl. The van der Waals surface area contributed by atoms with Crippen molar-refractivity contribution in [1.82, 2.24) is 15.1 Å². The van der Waals surface area contributed by atoms with Gasteiger partial charge in [-0.15, -0.1) is 0 Å². The Morgan fingerprint density at radius 2 is 2.20 bits per heavy atom. The summed E-state index contributed by atoms with van der Waals surface area (Å²) in [5.74, 6) is -0.215. The van der Waals surface area contributed by atoms with Crippen molar-refractivity contribution in [2.24, 2.45) is 0 Å². The van der Waals surface area contributed by atoms with Crippen molar-refractivity contribution < 1.29 is 9.59 Å². The first-order valence-electron chi connectivity index (χ1n) is 6.18. The Bertz CT molecular complexity index is 536. The van der Waals surface area contributed by atoms with Crippen molar-refractivity contribution in [2.75, 3.05) is 26.7 Å². The summed E-state index contributed by atoms with van der Waals surface area (Å²) in [7, 11) is 1.80. The summed E-state index contributed by atoms with van der Waals surface area (Å²) >= 11 is 11.9. The molecule has 0 saturated carbocycles. The molecule has 1 fully saturated rings. The lowest BCUT2D eigenvalue weighted by molar-refractivity contribution is -0.128. The summed E-state index contributed by atoms with van der Waals surface area (Å²) in [6.45, 7) is 1.61. The number of carbonyl (C=O) groups excluding carboxylic acids is 2. The lowest BCUT2D eigenvalue weighted by Gasteiger charge is -2.20. The van der Waals surface area contributed by atoms with Crippen LogP contribution in [0.3, 0.4) is 0 Å². The summed E-state index contributed by atoms with van der Waals surface area (Å²) in [5.41, 5.74) is 0.886. The number of imide groups is 1. The van der Waals surface area contributed by atoms with Gasteiger partial charge in [-0.2, -0.15) is 0 Å². The number of urea groups is 1. The van der Waals surface area contributed by atoms with Crippen LogP contribution >= 0.6 is 23.2 Å². The van der Waals surface area contributed by atoms with E-state index in [1.807, 2.05) is 11.0 Å². The zero-order valence-corrected chi connectivity index (χ0v) is 12.5. The van der Waals surface area contributed by atoms with Crippen molar-refractivity contribution in [3.63, 3.8) is 0 Å². The standard InChI is InChI=1S/C13H15Cl2N3O2/c1-17(7-9-2-3-10(14)6-11(9)15)8-12(19)18-5-4-16-13(18)20/h2-3,6H,4-5,7-8H2,1H3,(H,16,20). The number of nitrogens with zero attached hydrogens (tertiary/aromatic N) is 2. The van der Waals surface area contributed by atoms with E-state index in [-0.39, 0.29) is 18.5 Å². The minimum Gasteiger partial charge on any atom is -0.336 e. The quantitative estimate of drug-likeness (QED) is 0.924. The molecule has 0 spiro atoms. The highest BCUT2D eigenvalue weighted by Crippen LogP contribution is 2.21. The largest absolute Gasteiger partial charge is 0.336 e. The van der Waals surface area contributed by atoms with Gasteiger partial charge in [-0.05, 0) is 24.7 Å². The molecule has 1 N–H and O–H groups in total. The van der Waals surface area contributed by atoms with Gasteiger partial charge in [0.2, 0.25) is 5.91 Å². The number of likely N-dealkylation sites (N-methyl/N-ethyl adjacent to an activating group) is 1. The van der Waals surface area contributed by atoms with Gasteiger partial charge in [0.05, 0.1) is 6.54 Å². The highest BCUT2D eigenvalue weighted by atomic mass is 35.5. The van der Waals surface area contributed by atoms with E-state index in [1.54, 1.807) is 19.2 Å². The molecule has 3 amide bonds. The number of amides is 3. The first-order valence-corrected chi connectivity index (χ1v) is 6.93. The molecule has 20 heavy (non-hydrogen) atoms. The van der Waals surface area contributed by atoms with Crippen LogP contribution in [0, 0.1) is 0 Å². The van der Waals surface area contributed by atoms with E-state index in [0.717, 1.165) is 5.56 Å². The molecule has 1 aliphatic heterocycles. The summed E-state index contributed by atoms with van der Waals surface area (Å²) in [6, 6.07) is 4.93. The molecule has 0 bridgehead atoms. The monoisotopic (exact) mass is 315 g/mol. The molecule has 5 nitrogen and oxygen atoms in total. The summed E-state index contributed by atoms with van der Waals surface area (Å²) < 4.78 is 0. The van der Waals surface area contributed by atoms with Crippen LogP contribution < -0.4 is 5.32 Å². The molecule has 1 aromatic rings. The molecule has 1 aromatic carbocycles. The van der Waals surface area contributed by atoms with E-state index in [4.69, 9.17) is 23.2 Å². The molecule has 1 heterocycles. The molecular weight excluding hydrogens is 301 g/mol. The number of rotatable bonds is 4. The van der Waals surface area contributed by atoms with Gasteiger partial charge < -0.3 is 5.32 Å². The highest BCUT2D eigenvalue weighted by Gasteiger charge is 2.26. The average molecular weight is 316 g/mol. The Kier molecular flexibility index (Phi) is 4.86. The number of hydrogen-bond donors (Lipinski definition) is 1. The van der Waals surface area contributed by atoms with Crippen LogP contribution in [0.25, 0.3) is 0 Å². The topological polar surface area (TPSA) is 52.7 Å². The minimum absolute atomic E-state index is 0.159. The Morgan fingerprint density at radius 1 is 1.45 bits per heavy atom. The van der Waals surface area contributed by atoms with E-state index < -0.39 is 0 Å². The van der Waals surface area contributed by atoms with E-state index >= 15 is 0 Å². The predicted octanol–water partition coefficient (Wildman–Crippen LogP) is 1.98. The maximum Gasteiger partial charge on any atom is 0.324 e. The van der Waals surface area contributed by atoms with E-state index in [0.29, 0.717) is 29.7 Å². The second-order valence-corrected chi connectivity index (χ2v) is 5.53. The zero-order valence-electron chi connectivity index (χ0n) is 11.0. The molecule has 1 saturated heterocycles. The fourth-order valence-corrected chi connectivity index (χ4v) is 2.49. The van der Waals surface area contributed by atoms with E-state index in [1.165, 1.54) is 4.90 Å². The lowest BCUT2D eigenvalue weighted by Crippen LogP contribution is -2.40. The number of halogens is 2. The summed E-state index contributed by atoms with van der Waals surface area (Å²) in [4.78, 5) is 26.4. The van der Waals surface area contributed by atoms with Gasteiger partial charge in [-0.1, -0.05) is 29.3 Å². The van der Waals surface area contributed by atoms with Crippen molar-refractivity contribution in [3.8, 4) is 0 Å². The smallest absolute Gasteiger partial charge is 0.324 e. The normalized spacial score (nSPS) is 14.8. The molecule has 0 aromatic heterocycles. The number of carbonyl (C=O) groups is 2. The van der Waals surface area contributed by atoms with Gasteiger partial charge in [0.1, 0.15) is 0 Å². The van der Waals surface area contributed by atoms with Crippen LogP contribution in [-0.2, 0) is 11.3 Å². The average Bonchev–Trinajstić information content (AvgIpc) is 2.79. The van der Waals surface area contributed by atoms with E-state index in [9.17, 15) is 9.59 Å². The van der Waals surface area contributed by atoms with Gasteiger partial charge in [-0.25, -0.2) is 4.79 Å². The molecular formula is C13H15Cl2N3O2. The fraction of sp³-hybridized carbons (Fsp3) is 0.385. The Balaban J connectivity index is 1.93. The van der Waals surface area contributed by atoms with Crippen molar-refractivity contribution in [1.29, 1.82) is 0 Å². The Hall–Kier alpha value is -1.30. The van der Waals surface area contributed by atoms with Gasteiger partial charge in [0.15, 0.2) is 0 Å². The van der Waals surface area contributed by atoms with Crippen molar-refractivity contribution in [2.45, 2.75) is 6.54 Å². The van der Waals surface area contributed by atoms with Crippen molar-refractivity contribution in [3.05, 3.63) is 33.8 Å². The maximum absolute atomic E-state index is 12.0. The minimum atomic E-state index is -0.326. The molecule has 0 atom stereocenters. The Labute approximate surface area is 127 Å². The van der Waals surface area contributed by atoms with E-state index in [2.05, 4.69) is 5.32 Å². The van der Waals surface area contributed by atoms with Gasteiger partial charge in [0.25, 0.3) is 0 Å². The van der Waals surface area contributed by atoms with Crippen LogP contribution in [0.2, 0.25) is 10.0 Å². The third-order valence-corrected chi connectivity index (χ3v) is 3.61. The number of benzene rings is 1. The summed E-state index contributed by atoms with van der Waals surface area (Å²) in [6.07, 6.45) is 0. The van der Waals surface area contributed by atoms with Crippen LogP contribution in [0.5, 0.6) is 0 Å². The van der Waals surface area contributed by atoms with Gasteiger partial charge in [0, 0.05) is 29.7 Å². The maximum atomic E-state index is 12.0. The molecule has 0 aliphatic carbocycles. The highest BCUT2D eigenvalue weighted by molar-refractivity contribution is 6.35. The van der Waals surface area contributed by atoms with Crippen LogP contribution in [0.15, 0.2) is 18.2 Å². The molecule has 7 heteroatoms. The summed E-state index contributed by atoms with van der Waals surface area (Å²) in [5, 5.41) is 3.74. The fourth-order valence-electron chi connectivity index (χ4n) is 2.02. The van der Waals surface area contributed by atoms with Gasteiger partial charge in [-0.3, -0.25) is 14.6 Å². The van der Waals surface area contributed by atoms with Crippen LogP contribution in [0.4, 0.5) is 4.79 Å².